The zero-order valence-corrected chi connectivity index (χ0v) is 8.50. The molecule has 7 N–H and O–H groups in total. The number of hydrogen-bond acceptors (Lipinski definition) is 3. The van der Waals surface area contributed by atoms with E-state index in [1.165, 1.54) is 0 Å². The van der Waals surface area contributed by atoms with E-state index < -0.39 is 17.4 Å². The third-order valence-electron chi connectivity index (χ3n) is 2.19. The molecule has 0 saturated carbocycles. The molecular weight excluding hydrogens is 184 g/mol. The van der Waals surface area contributed by atoms with Gasteiger partial charge >= 0.3 is 5.97 Å². The van der Waals surface area contributed by atoms with E-state index >= 15 is 0 Å². The summed E-state index contributed by atoms with van der Waals surface area (Å²) in [7, 11) is 0. The first kappa shape index (κ1) is 12.7. The van der Waals surface area contributed by atoms with Gasteiger partial charge in [-0.2, -0.15) is 0 Å². The quantitative estimate of drug-likeness (QED) is 0.297. The van der Waals surface area contributed by atoms with Crippen LogP contribution in [0.4, 0.5) is 0 Å². The van der Waals surface area contributed by atoms with Crippen LogP contribution in [0.3, 0.4) is 0 Å². The molecule has 1 atom stereocenters. The fourth-order valence-corrected chi connectivity index (χ4v) is 1.01. The highest BCUT2D eigenvalue weighted by Crippen LogP contribution is 2.23. The van der Waals surface area contributed by atoms with Gasteiger partial charge in [-0.25, -0.2) is 0 Å². The second-order valence-electron chi connectivity index (χ2n) is 3.89. The van der Waals surface area contributed by atoms with E-state index in [0.29, 0.717) is 13.0 Å². The highest BCUT2D eigenvalue weighted by molar-refractivity contribution is 5.74. The number of carboxylic acid groups (broad SMARTS) is 1. The maximum absolute atomic E-state index is 10.6. The number of aliphatic carboxylic acids is 1. The predicted octanol–water partition coefficient (Wildman–Crippen LogP) is -0.702. The molecule has 0 heterocycles. The van der Waals surface area contributed by atoms with Crippen molar-refractivity contribution in [2.45, 2.75) is 26.3 Å². The minimum absolute atomic E-state index is 0.121. The normalized spacial score (nSPS) is 13.4. The average molecular weight is 202 g/mol. The maximum Gasteiger partial charge on any atom is 0.321 e. The van der Waals surface area contributed by atoms with Gasteiger partial charge in [0.05, 0.1) is 0 Å². The molecule has 0 aliphatic heterocycles. The van der Waals surface area contributed by atoms with Crippen LogP contribution in [-0.2, 0) is 4.79 Å². The van der Waals surface area contributed by atoms with E-state index in [1.807, 2.05) is 0 Å². The largest absolute Gasteiger partial charge is 0.480 e. The number of carbonyl (C=O) groups is 1. The van der Waals surface area contributed by atoms with Gasteiger partial charge in [0, 0.05) is 6.54 Å². The number of carboxylic acids is 1. The highest BCUT2D eigenvalue weighted by atomic mass is 16.4. The molecule has 0 aliphatic carbocycles. The Kier molecular flexibility index (Phi) is 4.36. The third-order valence-corrected chi connectivity index (χ3v) is 2.19. The molecule has 0 radical (unpaired) electrons. The molecule has 82 valence electrons. The number of nitrogens with two attached hydrogens (primary N) is 2. The van der Waals surface area contributed by atoms with Gasteiger partial charge in [0.15, 0.2) is 5.96 Å². The summed E-state index contributed by atoms with van der Waals surface area (Å²) in [4.78, 5) is 10.6. The number of rotatable bonds is 5. The van der Waals surface area contributed by atoms with Gasteiger partial charge in [-0.3, -0.25) is 10.2 Å². The fraction of sp³-hybridized carbons (Fsp3) is 0.750. The first-order valence-corrected chi connectivity index (χ1v) is 4.33. The van der Waals surface area contributed by atoms with Crippen molar-refractivity contribution in [3.63, 3.8) is 0 Å². The van der Waals surface area contributed by atoms with Crippen LogP contribution in [-0.4, -0.2) is 29.6 Å². The lowest BCUT2D eigenvalue weighted by Crippen LogP contribution is -2.45. The van der Waals surface area contributed by atoms with Crippen LogP contribution >= 0.6 is 0 Å². The summed E-state index contributed by atoms with van der Waals surface area (Å²) in [5, 5.41) is 18.2. The summed E-state index contributed by atoms with van der Waals surface area (Å²) in [6, 6.07) is -0.906. The molecule has 0 aromatic rings. The van der Waals surface area contributed by atoms with Crippen LogP contribution in [0.5, 0.6) is 0 Å². The molecule has 0 aromatic heterocycles. The average Bonchev–Trinajstić information content (AvgIpc) is 2.01. The molecule has 0 bridgehead atoms. The fourth-order valence-electron chi connectivity index (χ4n) is 1.01. The molecule has 14 heavy (non-hydrogen) atoms. The molecule has 0 amide bonds. The molecule has 0 fully saturated rings. The van der Waals surface area contributed by atoms with E-state index in [2.05, 4.69) is 5.32 Å². The van der Waals surface area contributed by atoms with Gasteiger partial charge in [0.2, 0.25) is 0 Å². The Balaban J connectivity index is 4.06. The monoisotopic (exact) mass is 202 g/mol. The predicted molar refractivity (Wildman–Crippen MR) is 53.9 cm³/mol. The summed E-state index contributed by atoms with van der Waals surface area (Å²) in [5.41, 5.74) is 10.1. The second-order valence-corrected chi connectivity index (χ2v) is 3.89. The summed E-state index contributed by atoms with van der Waals surface area (Å²) in [6.45, 7) is 3.99. The number of guanidine groups is 1. The highest BCUT2D eigenvalue weighted by Gasteiger charge is 2.31. The Bertz CT molecular complexity index is 227. The minimum Gasteiger partial charge on any atom is -0.480 e. The summed E-state index contributed by atoms with van der Waals surface area (Å²) < 4.78 is 0. The minimum atomic E-state index is -1.02. The van der Waals surface area contributed by atoms with Crippen LogP contribution in [0, 0.1) is 10.8 Å². The second kappa shape index (κ2) is 4.80. The van der Waals surface area contributed by atoms with Gasteiger partial charge < -0.3 is 21.9 Å². The van der Waals surface area contributed by atoms with E-state index in [1.54, 1.807) is 13.8 Å². The van der Waals surface area contributed by atoms with Crippen LogP contribution in [0.1, 0.15) is 20.3 Å². The Labute approximate surface area is 83.2 Å². The van der Waals surface area contributed by atoms with Crippen molar-refractivity contribution in [2.75, 3.05) is 6.54 Å². The van der Waals surface area contributed by atoms with Crippen molar-refractivity contribution >= 4 is 11.9 Å². The number of hydrogen-bond donors (Lipinski definition) is 5. The van der Waals surface area contributed by atoms with Gasteiger partial charge in [0.1, 0.15) is 6.04 Å². The lowest BCUT2D eigenvalue weighted by atomic mass is 9.82. The summed E-state index contributed by atoms with van der Waals surface area (Å²) >= 11 is 0. The Morgan fingerprint density at radius 2 is 2.14 bits per heavy atom. The Morgan fingerprint density at radius 1 is 1.64 bits per heavy atom. The Morgan fingerprint density at radius 3 is 2.50 bits per heavy atom. The molecule has 0 spiro atoms. The molecule has 6 nitrogen and oxygen atoms in total. The summed E-state index contributed by atoms with van der Waals surface area (Å²) in [5.74, 6) is -1.14. The van der Waals surface area contributed by atoms with Gasteiger partial charge in [-0.15, -0.1) is 0 Å². The van der Waals surface area contributed by atoms with Gasteiger partial charge in [-0.1, -0.05) is 13.8 Å². The van der Waals surface area contributed by atoms with Crippen molar-refractivity contribution in [3.8, 4) is 0 Å². The maximum atomic E-state index is 10.6. The van der Waals surface area contributed by atoms with Crippen molar-refractivity contribution in [1.29, 1.82) is 5.41 Å². The SMILES string of the molecule is CC(C)(CCNC(=N)N)C(N)C(=O)O. The number of nitrogens with one attached hydrogen (secondary N) is 2. The van der Waals surface area contributed by atoms with Gasteiger partial charge in [-0.05, 0) is 11.8 Å². The van der Waals surface area contributed by atoms with E-state index in [0.717, 1.165) is 0 Å². The lowest BCUT2D eigenvalue weighted by Gasteiger charge is -2.28. The van der Waals surface area contributed by atoms with Crippen molar-refractivity contribution in [2.24, 2.45) is 16.9 Å². The first-order valence-electron chi connectivity index (χ1n) is 4.33. The zero-order chi connectivity index (χ0) is 11.4. The Hall–Kier alpha value is -1.30. The van der Waals surface area contributed by atoms with Crippen molar-refractivity contribution < 1.29 is 9.90 Å². The van der Waals surface area contributed by atoms with E-state index in [-0.39, 0.29) is 5.96 Å². The van der Waals surface area contributed by atoms with Crippen molar-refractivity contribution in [3.05, 3.63) is 0 Å². The standard InChI is InChI=1S/C8H18N4O2/c1-8(2,5(9)6(13)14)3-4-12-7(10)11/h5H,3-4,9H2,1-2H3,(H,13,14)(H4,10,11,12). The van der Waals surface area contributed by atoms with Crippen LogP contribution in [0.15, 0.2) is 0 Å². The van der Waals surface area contributed by atoms with Crippen LogP contribution < -0.4 is 16.8 Å². The van der Waals surface area contributed by atoms with E-state index in [4.69, 9.17) is 22.0 Å². The van der Waals surface area contributed by atoms with E-state index in [9.17, 15) is 4.79 Å². The van der Waals surface area contributed by atoms with Crippen molar-refractivity contribution in [1.82, 2.24) is 5.32 Å². The molecule has 1 unspecified atom stereocenters. The lowest BCUT2D eigenvalue weighted by molar-refractivity contribution is -0.141. The summed E-state index contributed by atoms with van der Waals surface area (Å²) in [6.07, 6.45) is 0.542. The smallest absolute Gasteiger partial charge is 0.321 e. The molecule has 0 saturated heterocycles. The molecular formula is C8H18N4O2. The first-order chi connectivity index (χ1) is 6.27. The molecule has 6 heteroatoms. The molecule has 0 rings (SSSR count). The third kappa shape index (κ3) is 4.08. The zero-order valence-electron chi connectivity index (χ0n) is 8.50. The van der Waals surface area contributed by atoms with Gasteiger partial charge in [0.25, 0.3) is 0 Å². The molecule has 0 aliphatic rings. The van der Waals surface area contributed by atoms with Crippen LogP contribution in [0.2, 0.25) is 0 Å². The van der Waals surface area contributed by atoms with Crippen LogP contribution in [0.25, 0.3) is 0 Å². The topological polar surface area (TPSA) is 125 Å². The molecule has 0 aromatic carbocycles.